The molecule has 1 N–H and O–H groups in total. The van der Waals surface area contributed by atoms with Crippen LogP contribution in [-0.4, -0.2) is 25.5 Å². The van der Waals surface area contributed by atoms with Gasteiger partial charge in [0.15, 0.2) is 0 Å². The van der Waals surface area contributed by atoms with Crippen molar-refractivity contribution in [1.82, 2.24) is 0 Å². The molecule has 0 heterocycles. The van der Waals surface area contributed by atoms with Gasteiger partial charge in [0.1, 0.15) is 12.4 Å². The molecule has 0 saturated carbocycles. The normalized spacial score (nSPS) is 10.8. The van der Waals surface area contributed by atoms with Crippen LogP contribution < -0.4 is 4.18 Å². The number of rotatable bonds is 9. The van der Waals surface area contributed by atoms with Crippen LogP contribution >= 0.6 is 0 Å². The lowest BCUT2D eigenvalue weighted by Crippen LogP contribution is -2.10. The van der Waals surface area contributed by atoms with Crippen molar-refractivity contribution in [2.24, 2.45) is 5.11 Å². The minimum absolute atomic E-state index is 0.0392. The van der Waals surface area contributed by atoms with E-state index >= 15 is 0 Å². The Morgan fingerprint density at radius 3 is 2.54 bits per heavy atom. The lowest BCUT2D eigenvalue weighted by molar-refractivity contribution is -0.144. The molecule has 10 heteroatoms. The Balaban J connectivity index is 2.07. The highest BCUT2D eigenvalue weighted by Crippen LogP contribution is 2.21. The fraction of sp³-hybridized carbons (Fsp3) is 0.278. The SMILES string of the molecule is Cc1ccc(CC(=O)OCc2ccc(OS(=O)(=O)O)cc2CCN=[N+]=[N-])cc1. The molecular weight excluding hydrogens is 386 g/mol. The van der Waals surface area contributed by atoms with Crippen LogP contribution in [0.25, 0.3) is 10.4 Å². The van der Waals surface area contributed by atoms with E-state index < -0.39 is 16.4 Å². The predicted octanol–water partition coefficient (Wildman–Crippen LogP) is 3.32. The number of ether oxygens (including phenoxy) is 1. The number of hydrogen-bond donors (Lipinski definition) is 1. The van der Waals surface area contributed by atoms with Gasteiger partial charge in [-0.3, -0.25) is 9.35 Å². The highest BCUT2D eigenvalue weighted by molar-refractivity contribution is 7.81. The van der Waals surface area contributed by atoms with Crippen LogP contribution in [0, 0.1) is 6.92 Å². The standard InChI is InChI=1S/C18H19N3O6S/c1-13-2-4-14(5-3-13)10-18(22)26-12-16-6-7-17(27-28(23,24)25)11-15(16)8-9-20-21-19/h2-7,11H,8-10,12H2,1H3,(H,23,24,25). The molecule has 28 heavy (non-hydrogen) atoms. The second kappa shape index (κ2) is 9.75. The van der Waals surface area contributed by atoms with E-state index in [2.05, 4.69) is 14.2 Å². The summed E-state index contributed by atoms with van der Waals surface area (Å²) in [6, 6.07) is 11.7. The summed E-state index contributed by atoms with van der Waals surface area (Å²) in [4.78, 5) is 14.7. The van der Waals surface area contributed by atoms with E-state index in [-0.39, 0.29) is 31.7 Å². The zero-order valence-electron chi connectivity index (χ0n) is 15.1. The van der Waals surface area contributed by atoms with Gasteiger partial charge in [-0.2, -0.15) is 8.42 Å². The van der Waals surface area contributed by atoms with Crippen LogP contribution in [0.3, 0.4) is 0 Å². The molecule has 0 radical (unpaired) electrons. The van der Waals surface area contributed by atoms with Crippen LogP contribution in [0.1, 0.15) is 22.3 Å². The third-order valence-corrected chi connectivity index (χ3v) is 4.18. The van der Waals surface area contributed by atoms with E-state index in [9.17, 15) is 13.2 Å². The van der Waals surface area contributed by atoms with Crippen LogP contribution in [0.4, 0.5) is 0 Å². The highest BCUT2D eigenvalue weighted by Gasteiger charge is 2.12. The molecule has 2 rings (SSSR count). The Labute approximate surface area is 162 Å². The van der Waals surface area contributed by atoms with Gasteiger partial charge in [-0.15, -0.1) is 0 Å². The Morgan fingerprint density at radius 2 is 1.89 bits per heavy atom. The van der Waals surface area contributed by atoms with Crippen LogP contribution in [0.5, 0.6) is 5.75 Å². The molecule has 0 aliphatic heterocycles. The average Bonchev–Trinajstić information content (AvgIpc) is 2.62. The van der Waals surface area contributed by atoms with Crippen LogP contribution in [-0.2, 0) is 39.4 Å². The second-order valence-corrected chi connectivity index (χ2v) is 6.99. The minimum Gasteiger partial charge on any atom is -0.461 e. The van der Waals surface area contributed by atoms with E-state index in [0.717, 1.165) is 11.1 Å². The zero-order chi connectivity index (χ0) is 20.6. The monoisotopic (exact) mass is 405 g/mol. The Morgan fingerprint density at radius 1 is 1.18 bits per heavy atom. The minimum atomic E-state index is -4.66. The van der Waals surface area contributed by atoms with Crippen molar-refractivity contribution in [3.05, 3.63) is 75.2 Å². The van der Waals surface area contributed by atoms with Crippen LogP contribution in [0.2, 0.25) is 0 Å². The summed E-state index contributed by atoms with van der Waals surface area (Å²) >= 11 is 0. The first-order valence-electron chi connectivity index (χ1n) is 8.27. The number of aryl methyl sites for hydroxylation is 1. The summed E-state index contributed by atoms with van der Waals surface area (Å²) in [6.07, 6.45) is 0.399. The Kier molecular flexibility index (Phi) is 7.39. The van der Waals surface area contributed by atoms with Gasteiger partial charge in [0, 0.05) is 11.5 Å². The molecule has 2 aromatic rings. The summed E-state index contributed by atoms with van der Waals surface area (Å²) in [5.74, 6) is -0.517. The lowest BCUT2D eigenvalue weighted by atomic mass is 10.0. The number of azide groups is 1. The summed E-state index contributed by atoms with van der Waals surface area (Å²) in [7, 11) is -4.66. The van der Waals surface area contributed by atoms with E-state index in [1.807, 2.05) is 31.2 Å². The summed E-state index contributed by atoms with van der Waals surface area (Å²) in [5.41, 5.74) is 11.5. The molecule has 0 aliphatic rings. The predicted molar refractivity (Wildman–Crippen MR) is 101 cm³/mol. The average molecular weight is 405 g/mol. The van der Waals surface area contributed by atoms with Gasteiger partial charge in [0.2, 0.25) is 0 Å². The van der Waals surface area contributed by atoms with Crippen molar-refractivity contribution < 1.29 is 26.7 Å². The van der Waals surface area contributed by atoms with Crippen molar-refractivity contribution in [2.45, 2.75) is 26.4 Å². The van der Waals surface area contributed by atoms with Gasteiger partial charge >= 0.3 is 16.4 Å². The van der Waals surface area contributed by atoms with Gasteiger partial charge in [-0.1, -0.05) is 41.0 Å². The molecule has 2 aromatic carbocycles. The molecule has 0 aromatic heterocycles. The molecule has 0 unspecified atom stereocenters. The fourth-order valence-electron chi connectivity index (χ4n) is 2.45. The smallest absolute Gasteiger partial charge is 0.446 e. The van der Waals surface area contributed by atoms with Gasteiger partial charge in [-0.05, 0) is 47.7 Å². The molecule has 0 saturated heterocycles. The maximum absolute atomic E-state index is 12.1. The first-order chi connectivity index (χ1) is 13.3. The van der Waals surface area contributed by atoms with Gasteiger partial charge in [0.05, 0.1) is 6.42 Å². The largest absolute Gasteiger partial charge is 0.461 e. The molecule has 9 nitrogen and oxygen atoms in total. The van der Waals surface area contributed by atoms with Crippen molar-refractivity contribution >= 4 is 16.4 Å². The molecule has 0 atom stereocenters. The summed E-state index contributed by atoms with van der Waals surface area (Å²) in [6.45, 7) is 2.04. The van der Waals surface area contributed by atoms with E-state index in [1.165, 1.54) is 18.2 Å². The molecule has 0 bridgehead atoms. The number of benzene rings is 2. The van der Waals surface area contributed by atoms with Crippen molar-refractivity contribution in [3.63, 3.8) is 0 Å². The molecular formula is C18H19N3O6S. The number of esters is 1. The Hall–Kier alpha value is -3.07. The first-order valence-corrected chi connectivity index (χ1v) is 9.64. The maximum Gasteiger partial charge on any atom is 0.446 e. The second-order valence-electron chi connectivity index (χ2n) is 5.97. The molecule has 0 amide bonds. The van der Waals surface area contributed by atoms with Crippen LogP contribution in [0.15, 0.2) is 47.6 Å². The summed E-state index contributed by atoms with van der Waals surface area (Å²) in [5, 5.41) is 3.43. The number of nitrogens with zero attached hydrogens (tertiary/aromatic N) is 3. The number of carbonyl (C=O) groups is 1. The quantitative estimate of drug-likeness (QED) is 0.223. The van der Waals surface area contributed by atoms with Crippen molar-refractivity contribution in [1.29, 1.82) is 0 Å². The molecule has 148 valence electrons. The van der Waals surface area contributed by atoms with E-state index in [0.29, 0.717) is 11.1 Å². The fourth-order valence-corrected chi connectivity index (χ4v) is 2.79. The molecule has 0 spiro atoms. The van der Waals surface area contributed by atoms with Crippen molar-refractivity contribution in [2.75, 3.05) is 6.54 Å². The van der Waals surface area contributed by atoms with E-state index in [4.69, 9.17) is 14.8 Å². The van der Waals surface area contributed by atoms with Gasteiger partial charge < -0.3 is 8.92 Å². The lowest BCUT2D eigenvalue weighted by Gasteiger charge is -2.12. The topological polar surface area (TPSA) is 139 Å². The van der Waals surface area contributed by atoms with Gasteiger partial charge in [-0.25, -0.2) is 0 Å². The van der Waals surface area contributed by atoms with Gasteiger partial charge in [0.25, 0.3) is 0 Å². The third kappa shape index (κ3) is 7.28. The first kappa shape index (κ1) is 21.2. The zero-order valence-corrected chi connectivity index (χ0v) is 15.9. The summed E-state index contributed by atoms with van der Waals surface area (Å²) < 4.78 is 40.3. The molecule has 0 fully saturated rings. The number of hydrogen-bond acceptors (Lipinski definition) is 6. The molecule has 0 aliphatic carbocycles. The Bertz CT molecular complexity index is 983. The maximum atomic E-state index is 12.1. The third-order valence-electron chi connectivity index (χ3n) is 3.78. The number of carbonyl (C=O) groups excluding carboxylic acids is 1. The van der Waals surface area contributed by atoms with Crippen molar-refractivity contribution in [3.8, 4) is 5.75 Å². The van der Waals surface area contributed by atoms with E-state index in [1.54, 1.807) is 0 Å². The highest BCUT2D eigenvalue weighted by atomic mass is 32.3.